The first kappa shape index (κ1) is 12.9. The quantitative estimate of drug-likeness (QED) is 0.825. The molecule has 1 aliphatic heterocycles. The van der Waals surface area contributed by atoms with Crippen molar-refractivity contribution in [1.29, 1.82) is 0 Å². The predicted octanol–water partition coefficient (Wildman–Crippen LogP) is 1.28. The van der Waals surface area contributed by atoms with Crippen LogP contribution in [0.15, 0.2) is 24.3 Å². The van der Waals surface area contributed by atoms with Crippen molar-refractivity contribution in [3.05, 3.63) is 29.8 Å². The molecule has 98 valence electrons. The fourth-order valence-corrected chi connectivity index (χ4v) is 2.14. The molecular weight excluding hydrogens is 228 g/mol. The van der Waals surface area contributed by atoms with Gasteiger partial charge in [0.05, 0.1) is 12.6 Å². The van der Waals surface area contributed by atoms with E-state index in [0.29, 0.717) is 19.1 Å². The number of nitrogens with one attached hydrogen (secondary N) is 2. The average molecular weight is 248 g/mol. The van der Waals surface area contributed by atoms with Crippen LogP contribution in [0.4, 0.5) is 0 Å². The maximum Gasteiger partial charge on any atom is 0.236 e. The molecule has 2 rings (SSSR count). The molecule has 1 aromatic carbocycles. The van der Waals surface area contributed by atoms with Gasteiger partial charge >= 0.3 is 0 Å². The maximum atomic E-state index is 11.6. The average Bonchev–Trinajstić information content (AvgIpc) is 2.79. The lowest BCUT2D eigenvalue weighted by Gasteiger charge is -2.16. The van der Waals surface area contributed by atoms with Gasteiger partial charge in [0.15, 0.2) is 0 Å². The monoisotopic (exact) mass is 248 g/mol. The molecule has 0 aromatic heterocycles. The molecule has 2 atom stereocenters. The molecule has 0 bridgehead atoms. The Morgan fingerprint density at radius 2 is 2.28 bits per heavy atom. The summed E-state index contributed by atoms with van der Waals surface area (Å²) in [7, 11) is 0. The zero-order chi connectivity index (χ0) is 13.0. The minimum Gasteiger partial charge on any atom is -0.493 e. The molecule has 4 heteroatoms. The predicted molar refractivity (Wildman–Crippen MR) is 70.8 cm³/mol. The Labute approximate surface area is 108 Å². The van der Waals surface area contributed by atoms with E-state index in [1.807, 2.05) is 32.0 Å². The fourth-order valence-electron chi connectivity index (χ4n) is 2.14. The third-order valence-corrected chi connectivity index (χ3v) is 3.21. The highest BCUT2D eigenvalue weighted by Gasteiger charge is 2.24. The van der Waals surface area contributed by atoms with E-state index in [1.54, 1.807) is 0 Å². The molecule has 1 amide bonds. The van der Waals surface area contributed by atoms with Crippen molar-refractivity contribution in [1.82, 2.24) is 10.6 Å². The van der Waals surface area contributed by atoms with E-state index in [9.17, 15) is 4.79 Å². The second-order valence-corrected chi connectivity index (χ2v) is 4.57. The van der Waals surface area contributed by atoms with Crippen LogP contribution in [0.3, 0.4) is 0 Å². The van der Waals surface area contributed by atoms with Crippen molar-refractivity contribution in [2.45, 2.75) is 25.8 Å². The van der Waals surface area contributed by atoms with Crippen LogP contribution in [-0.4, -0.2) is 31.6 Å². The number of carbonyl (C=O) groups is 1. The Morgan fingerprint density at radius 1 is 1.50 bits per heavy atom. The normalized spacial score (nSPS) is 18.9. The van der Waals surface area contributed by atoms with Crippen LogP contribution < -0.4 is 15.4 Å². The van der Waals surface area contributed by atoms with E-state index in [4.69, 9.17) is 4.74 Å². The van der Waals surface area contributed by atoms with Crippen molar-refractivity contribution in [2.75, 3.05) is 19.7 Å². The van der Waals surface area contributed by atoms with Crippen molar-refractivity contribution in [3.63, 3.8) is 0 Å². The van der Waals surface area contributed by atoms with Gasteiger partial charge in [-0.25, -0.2) is 0 Å². The molecule has 1 heterocycles. The maximum absolute atomic E-state index is 11.6. The van der Waals surface area contributed by atoms with E-state index >= 15 is 0 Å². The molecular formula is C14H20N2O2. The minimum absolute atomic E-state index is 0.0460. The second kappa shape index (κ2) is 5.87. The van der Waals surface area contributed by atoms with Crippen LogP contribution in [0.1, 0.15) is 25.3 Å². The zero-order valence-corrected chi connectivity index (χ0v) is 10.9. The van der Waals surface area contributed by atoms with Gasteiger partial charge in [0, 0.05) is 24.6 Å². The smallest absolute Gasteiger partial charge is 0.236 e. The molecule has 1 aromatic rings. The molecule has 2 N–H and O–H groups in total. The number of likely N-dealkylation sites (N-methyl/N-ethyl adjacent to an activating group) is 1. The molecule has 0 saturated heterocycles. The summed E-state index contributed by atoms with van der Waals surface area (Å²) in [5, 5.41) is 6.07. The number of hydrogen-bond donors (Lipinski definition) is 2. The lowest BCUT2D eigenvalue weighted by atomic mass is 10.0. The third-order valence-electron chi connectivity index (χ3n) is 3.21. The van der Waals surface area contributed by atoms with Crippen molar-refractivity contribution in [3.8, 4) is 5.75 Å². The summed E-state index contributed by atoms with van der Waals surface area (Å²) in [5.74, 6) is 1.35. The van der Waals surface area contributed by atoms with Gasteiger partial charge in [0.2, 0.25) is 5.91 Å². The number of hydrogen-bond acceptors (Lipinski definition) is 3. The van der Waals surface area contributed by atoms with E-state index < -0.39 is 0 Å². The SMILES string of the molecule is CCNC(=O)C(C)NCC1COc2ccccc21. The number of carbonyl (C=O) groups excluding carboxylic acids is 1. The number of fused-ring (bicyclic) bond motifs is 1. The Bertz CT molecular complexity index is 420. The second-order valence-electron chi connectivity index (χ2n) is 4.57. The first-order chi connectivity index (χ1) is 8.72. The van der Waals surface area contributed by atoms with Gasteiger partial charge in [0.25, 0.3) is 0 Å². The lowest BCUT2D eigenvalue weighted by Crippen LogP contribution is -2.43. The van der Waals surface area contributed by atoms with Crippen molar-refractivity contribution < 1.29 is 9.53 Å². The standard InChI is InChI=1S/C14H20N2O2/c1-3-15-14(17)10(2)16-8-11-9-18-13-7-5-4-6-12(11)13/h4-7,10-11,16H,3,8-9H2,1-2H3,(H,15,17). The summed E-state index contributed by atoms with van der Waals surface area (Å²) in [5.41, 5.74) is 1.23. The van der Waals surface area contributed by atoms with Crippen molar-refractivity contribution >= 4 is 5.91 Å². The van der Waals surface area contributed by atoms with E-state index in [-0.39, 0.29) is 11.9 Å². The van der Waals surface area contributed by atoms with Gasteiger partial charge in [-0.1, -0.05) is 18.2 Å². The van der Waals surface area contributed by atoms with E-state index in [0.717, 1.165) is 12.3 Å². The van der Waals surface area contributed by atoms with Crippen LogP contribution in [-0.2, 0) is 4.79 Å². The number of benzene rings is 1. The molecule has 0 radical (unpaired) electrons. The third kappa shape index (κ3) is 2.82. The summed E-state index contributed by atoms with van der Waals surface area (Å²) in [6.45, 7) is 5.92. The van der Waals surface area contributed by atoms with Crippen LogP contribution in [0.2, 0.25) is 0 Å². The van der Waals surface area contributed by atoms with Gasteiger partial charge in [0.1, 0.15) is 5.75 Å². The van der Waals surface area contributed by atoms with Gasteiger partial charge in [-0.15, -0.1) is 0 Å². The van der Waals surface area contributed by atoms with Crippen LogP contribution >= 0.6 is 0 Å². The highest BCUT2D eigenvalue weighted by atomic mass is 16.5. The summed E-state index contributed by atoms with van der Waals surface area (Å²) in [6, 6.07) is 7.91. The highest BCUT2D eigenvalue weighted by Crippen LogP contribution is 2.32. The van der Waals surface area contributed by atoms with E-state index in [2.05, 4.69) is 16.7 Å². The Balaban J connectivity index is 1.87. The molecule has 0 spiro atoms. The molecule has 2 unspecified atom stereocenters. The fraction of sp³-hybridized carbons (Fsp3) is 0.500. The van der Waals surface area contributed by atoms with Crippen LogP contribution in [0.5, 0.6) is 5.75 Å². The molecule has 18 heavy (non-hydrogen) atoms. The largest absolute Gasteiger partial charge is 0.493 e. The first-order valence-corrected chi connectivity index (χ1v) is 6.45. The van der Waals surface area contributed by atoms with Gasteiger partial charge < -0.3 is 15.4 Å². The van der Waals surface area contributed by atoms with Gasteiger partial charge in [-0.3, -0.25) is 4.79 Å². The Morgan fingerprint density at radius 3 is 3.06 bits per heavy atom. The summed E-state index contributed by atoms with van der Waals surface area (Å²) in [4.78, 5) is 11.6. The number of amides is 1. The van der Waals surface area contributed by atoms with Gasteiger partial charge in [-0.2, -0.15) is 0 Å². The number of para-hydroxylation sites is 1. The molecule has 0 fully saturated rings. The molecule has 0 saturated carbocycles. The topological polar surface area (TPSA) is 50.4 Å². The van der Waals surface area contributed by atoms with Crippen LogP contribution in [0, 0.1) is 0 Å². The molecule has 1 aliphatic rings. The first-order valence-electron chi connectivity index (χ1n) is 6.45. The molecule has 4 nitrogen and oxygen atoms in total. The van der Waals surface area contributed by atoms with Crippen LogP contribution in [0.25, 0.3) is 0 Å². The minimum atomic E-state index is -0.169. The van der Waals surface area contributed by atoms with E-state index in [1.165, 1.54) is 5.56 Å². The van der Waals surface area contributed by atoms with Gasteiger partial charge in [-0.05, 0) is 19.9 Å². The Hall–Kier alpha value is -1.55. The lowest BCUT2D eigenvalue weighted by molar-refractivity contribution is -0.122. The zero-order valence-electron chi connectivity index (χ0n) is 10.9. The Kier molecular flexibility index (Phi) is 4.20. The summed E-state index contributed by atoms with van der Waals surface area (Å²) >= 11 is 0. The van der Waals surface area contributed by atoms with Crippen molar-refractivity contribution in [2.24, 2.45) is 0 Å². The number of rotatable bonds is 5. The number of ether oxygens (including phenoxy) is 1. The summed E-state index contributed by atoms with van der Waals surface area (Å²) < 4.78 is 5.61. The highest BCUT2D eigenvalue weighted by molar-refractivity contribution is 5.81. The summed E-state index contributed by atoms with van der Waals surface area (Å²) in [6.07, 6.45) is 0. The molecule has 0 aliphatic carbocycles.